The molecule has 29 heavy (non-hydrogen) atoms. The predicted octanol–water partition coefficient (Wildman–Crippen LogP) is -2.25. The van der Waals surface area contributed by atoms with Crippen LogP contribution in [0.25, 0.3) is 0 Å². The molecule has 0 heterocycles. The summed E-state index contributed by atoms with van der Waals surface area (Å²) in [5.41, 5.74) is 22.2. The Morgan fingerprint density at radius 2 is 0.966 bits per heavy atom. The Bertz CT molecular complexity index is 544. The van der Waals surface area contributed by atoms with Crippen LogP contribution in [0.1, 0.15) is 0 Å². The van der Waals surface area contributed by atoms with Gasteiger partial charge in [0.15, 0.2) is 0 Å². The Balaban J connectivity index is 5.14. The molecule has 0 fully saturated rings. The first-order chi connectivity index (χ1) is 13.4. The van der Waals surface area contributed by atoms with Crippen molar-refractivity contribution in [2.45, 2.75) is 32.5 Å². The number of rotatable bonds is 16. The zero-order valence-corrected chi connectivity index (χ0v) is 19.6. The average molecular weight is 558 g/mol. The van der Waals surface area contributed by atoms with Gasteiger partial charge in [-0.15, -0.1) is 0 Å². The number of carbonyl (C=O) groups is 4. The van der Waals surface area contributed by atoms with Crippen LogP contribution in [0, 0.1) is 0 Å². The summed E-state index contributed by atoms with van der Waals surface area (Å²) in [4.78, 5) is 44.2. The van der Waals surface area contributed by atoms with E-state index in [1.54, 1.807) is 0 Å². The number of aliphatic carboxylic acids is 4. The quantitative estimate of drug-likeness (QED) is 0.0737. The summed E-state index contributed by atoms with van der Waals surface area (Å²) < 4.78 is -1.50. The van der Waals surface area contributed by atoms with Gasteiger partial charge in [0.25, 0.3) is 0 Å². The fraction of sp³-hybridized carbons (Fsp3) is 0.667. The number of carboxylic acids is 4. The van der Waals surface area contributed by atoms with Crippen molar-refractivity contribution in [3.05, 3.63) is 0 Å². The molecule has 12 N–H and O–H groups in total. The van der Waals surface area contributed by atoms with Crippen molar-refractivity contribution in [2.24, 2.45) is 22.9 Å². The number of hydrogen-bond acceptors (Lipinski definition) is 12. The second kappa shape index (κ2) is 14.6. The van der Waals surface area contributed by atoms with Crippen molar-refractivity contribution >= 4 is 82.0 Å². The normalized spacial score (nSPS) is 17.5. The molecule has 0 aromatic rings. The van der Waals surface area contributed by atoms with Crippen molar-refractivity contribution in [1.82, 2.24) is 0 Å². The summed E-state index contributed by atoms with van der Waals surface area (Å²) in [6, 6.07) is -4.99. The van der Waals surface area contributed by atoms with Gasteiger partial charge in [-0.05, 0) is 0 Å². The van der Waals surface area contributed by atoms with E-state index in [0.717, 1.165) is 43.2 Å². The third-order valence-corrected chi connectivity index (χ3v) is 14.4. The number of carboxylic acid groups (broad SMARTS) is 4. The maximum absolute atomic E-state index is 11.3. The van der Waals surface area contributed by atoms with E-state index in [9.17, 15) is 29.4 Å². The molecule has 0 aliphatic heterocycles. The average Bonchev–Trinajstić information content (AvgIpc) is 2.63. The van der Waals surface area contributed by atoms with Crippen LogP contribution in [0.2, 0.25) is 0 Å². The summed E-state index contributed by atoms with van der Waals surface area (Å²) in [5, 5.41) is 36.0. The fourth-order valence-corrected chi connectivity index (χ4v) is 13.1. The van der Waals surface area contributed by atoms with Gasteiger partial charge in [-0.1, -0.05) is 0 Å². The Hall–Kier alpha value is -0.361. The monoisotopic (exact) mass is 558 g/mol. The van der Waals surface area contributed by atoms with Crippen molar-refractivity contribution in [2.75, 3.05) is 11.5 Å². The van der Waals surface area contributed by atoms with Gasteiger partial charge in [0, 0.05) is 0 Å². The molecule has 0 aromatic carbocycles. The van der Waals surface area contributed by atoms with Gasteiger partial charge in [0.2, 0.25) is 0 Å². The first-order valence-electron chi connectivity index (χ1n) is 7.54. The molecule has 0 radical (unpaired) electrons. The SMILES string of the molecule is N[C@H](C(=O)O)C(SSC[C@H](N)C(=O)O)[Se]C(SSC[C@H](N)C(=O)O)[C@H](N)C(=O)O. The third kappa shape index (κ3) is 11.6. The van der Waals surface area contributed by atoms with Crippen LogP contribution >= 0.6 is 43.2 Å². The molecule has 0 aliphatic rings. The standard InChI is InChI=1S/C12H22N4O8S4Se/c13-3(7(17)18)1-25-27-11(5(15)9(21)22)29-12(6(16)10(23)24)28-26-2-4(14)8(19)20/h3-6,11-12H,1-2,13-16H2,(H,17,18)(H,19,20)(H,21,22)(H,23,24)/t3-,4-,5+,6+,11?,12?/m0/s1. The first kappa shape index (κ1) is 28.6. The molecule has 0 saturated heterocycles. The molecule has 0 saturated carbocycles. The molecular formula is C12H22N4O8S4Se. The molecule has 0 aliphatic carbocycles. The predicted molar refractivity (Wildman–Crippen MR) is 116 cm³/mol. The van der Waals surface area contributed by atoms with Gasteiger partial charge < -0.3 is 0 Å². The first-order valence-corrected chi connectivity index (χ1v) is 14.3. The minimum atomic E-state index is -1.34. The summed E-state index contributed by atoms with van der Waals surface area (Å²) >= 11 is -0.731. The molecule has 168 valence electrons. The molecule has 0 rings (SSSR count). The van der Waals surface area contributed by atoms with Crippen molar-refractivity contribution < 1.29 is 39.6 Å². The zero-order valence-electron chi connectivity index (χ0n) is 14.7. The van der Waals surface area contributed by atoms with E-state index in [1.165, 1.54) is 0 Å². The van der Waals surface area contributed by atoms with Gasteiger partial charge in [0.05, 0.1) is 0 Å². The molecule has 0 amide bonds. The Labute approximate surface area is 188 Å². The molecular weight excluding hydrogens is 535 g/mol. The molecule has 2 unspecified atom stereocenters. The van der Waals surface area contributed by atoms with Crippen LogP contribution < -0.4 is 22.9 Å². The molecule has 0 bridgehead atoms. The van der Waals surface area contributed by atoms with Crippen LogP contribution in [0.4, 0.5) is 0 Å². The number of nitrogens with two attached hydrogens (primary N) is 4. The van der Waals surface area contributed by atoms with Gasteiger partial charge in [-0.25, -0.2) is 0 Å². The Morgan fingerprint density at radius 1 is 0.655 bits per heavy atom. The van der Waals surface area contributed by atoms with Crippen LogP contribution in [-0.2, 0) is 19.2 Å². The second-order valence-electron chi connectivity index (χ2n) is 5.25. The third-order valence-electron chi connectivity index (χ3n) is 2.88. The van der Waals surface area contributed by atoms with Crippen molar-refractivity contribution in [1.29, 1.82) is 0 Å². The van der Waals surface area contributed by atoms with Gasteiger partial charge in [0.1, 0.15) is 0 Å². The van der Waals surface area contributed by atoms with Crippen molar-refractivity contribution in [3.8, 4) is 0 Å². The fourth-order valence-electron chi connectivity index (χ4n) is 1.20. The van der Waals surface area contributed by atoms with Crippen LogP contribution in [0.15, 0.2) is 0 Å². The van der Waals surface area contributed by atoms with Gasteiger partial charge in [-0.2, -0.15) is 0 Å². The van der Waals surface area contributed by atoms with E-state index in [2.05, 4.69) is 0 Å². The summed E-state index contributed by atoms with van der Waals surface area (Å²) in [6.07, 6.45) is 0. The minimum absolute atomic E-state index is 0.00999. The van der Waals surface area contributed by atoms with Crippen LogP contribution in [0.3, 0.4) is 0 Å². The Kier molecular flexibility index (Phi) is 14.4. The summed E-state index contributed by atoms with van der Waals surface area (Å²) in [7, 11) is 4.06. The summed E-state index contributed by atoms with van der Waals surface area (Å²) in [5.74, 6) is -5.06. The van der Waals surface area contributed by atoms with Gasteiger partial charge in [-0.3, -0.25) is 0 Å². The van der Waals surface area contributed by atoms with E-state index < -0.39 is 71.3 Å². The molecule has 12 nitrogen and oxygen atoms in total. The van der Waals surface area contributed by atoms with E-state index in [1.807, 2.05) is 0 Å². The van der Waals surface area contributed by atoms with Gasteiger partial charge >= 0.3 is 189 Å². The summed E-state index contributed by atoms with van der Waals surface area (Å²) in [6.45, 7) is 0. The molecule has 17 heteroatoms. The second-order valence-corrected chi connectivity index (χ2v) is 14.4. The van der Waals surface area contributed by atoms with Crippen LogP contribution in [0.5, 0.6) is 0 Å². The Morgan fingerprint density at radius 3 is 1.21 bits per heavy atom. The van der Waals surface area contributed by atoms with E-state index in [-0.39, 0.29) is 11.5 Å². The van der Waals surface area contributed by atoms with E-state index >= 15 is 0 Å². The van der Waals surface area contributed by atoms with Crippen LogP contribution in [-0.4, -0.2) is 103 Å². The molecule has 0 aromatic heterocycles. The van der Waals surface area contributed by atoms with Crippen molar-refractivity contribution in [3.63, 3.8) is 0 Å². The van der Waals surface area contributed by atoms with E-state index in [4.69, 9.17) is 33.1 Å². The van der Waals surface area contributed by atoms with E-state index in [0.29, 0.717) is 0 Å². The zero-order chi connectivity index (χ0) is 22.7. The molecule has 6 atom stereocenters. The topological polar surface area (TPSA) is 253 Å². The number of hydrogen-bond donors (Lipinski definition) is 8. The maximum atomic E-state index is 11.3. The molecule has 0 spiro atoms.